The summed E-state index contributed by atoms with van der Waals surface area (Å²) in [5.41, 5.74) is 4.29. The highest BCUT2D eigenvalue weighted by Gasteiger charge is 2.33. The number of aliphatic hydroxyl groups is 2. The highest BCUT2D eigenvalue weighted by molar-refractivity contribution is 5.75. The molecule has 1 aliphatic heterocycles. The van der Waals surface area contributed by atoms with Crippen LogP contribution in [0.2, 0.25) is 0 Å². The van der Waals surface area contributed by atoms with Crippen LogP contribution in [-0.4, -0.2) is 64.8 Å². The zero-order chi connectivity index (χ0) is 32.9. The van der Waals surface area contributed by atoms with Crippen LogP contribution in [0.3, 0.4) is 0 Å². The van der Waals surface area contributed by atoms with Gasteiger partial charge < -0.3 is 40.3 Å². The van der Waals surface area contributed by atoms with Crippen LogP contribution in [0.5, 0.6) is 5.75 Å². The number of carbonyl (C=O) groups excluding carboxylic acids is 2. The van der Waals surface area contributed by atoms with Crippen molar-refractivity contribution in [2.24, 2.45) is 0 Å². The van der Waals surface area contributed by atoms with Gasteiger partial charge >= 0.3 is 0 Å². The van der Waals surface area contributed by atoms with E-state index in [0.29, 0.717) is 44.6 Å². The first-order chi connectivity index (χ1) is 22.2. The third-order valence-corrected chi connectivity index (χ3v) is 8.07. The second-order valence-corrected chi connectivity index (χ2v) is 12.0. The molecular formula is C36H47N3O7. The van der Waals surface area contributed by atoms with Gasteiger partial charge in [0, 0.05) is 51.5 Å². The van der Waals surface area contributed by atoms with Crippen LogP contribution in [0.4, 0.5) is 0 Å². The largest absolute Gasteiger partial charge is 0.508 e. The maximum atomic E-state index is 12.3. The number of unbranched alkanes of at least 4 members (excludes halogenated alkanes) is 2. The third kappa shape index (κ3) is 11.2. The molecule has 4 rings (SSSR count). The number of hydrogen-bond acceptors (Lipinski definition) is 8. The predicted molar refractivity (Wildman–Crippen MR) is 174 cm³/mol. The van der Waals surface area contributed by atoms with Crippen molar-refractivity contribution in [3.8, 4) is 5.75 Å². The maximum Gasteiger partial charge on any atom is 0.220 e. The van der Waals surface area contributed by atoms with Gasteiger partial charge in [0.25, 0.3) is 0 Å². The van der Waals surface area contributed by atoms with Crippen LogP contribution < -0.4 is 10.6 Å². The molecule has 10 nitrogen and oxygen atoms in total. The molecule has 2 amide bonds. The molecule has 3 aromatic rings. The first-order valence-electron chi connectivity index (χ1n) is 16.0. The average molecular weight is 634 g/mol. The van der Waals surface area contributed by atoms with Gasteiger partial charge in [-0.05, 0) is 54.3 Å². The number of hydrogen-bond donors (Lipinski definition) is 5. The number of phenols is 1. The molecular weight excluding hydrogens is 586 g/mol. The van der Waals surface area contributed by atoms with Crippen molar-refractivity contribution >= 4 is 11.8 Å². The van der Waals surface area contributed by atoms with E-state index in [4.69, 9.17) is 9.47 Å². The van der Waals surface area contributed by atoms with Crippen molar-refractivity contribution in [2.45, 2.75) is 76.8 Å². The highest BCUT2D eigenvalue weighted by Crippen LogP contribution is 2.38. The standard InChI is InChI=1S/C36H47N3O7/c1-25(41)37-18-5-3-4-9-35(44)38-21-26-10-16-29(17-11-26)36-45-32(20-34(46-36)28-14-12-27(24-40)13-15-28)22-39(2)23-33(43)30-7-6-8-31(42)19-30/h6-8,10-17,19,32-34,36,40,42-43H,3-5,9,18,20-24H2,1-2H3,(H,37,41)(H,38,44). The Kier molecular flexibility index (Phi) is 13.5. The van der Waals surface area contributed by atoms with E-state index in [1.165, 1.54) is 6.92 Å². The summed E-state index contributed by atoms with van der Waals surface area (Å²) in [5, 5.41) is 35.8. The molecule has 0 bridgehead atoms. The minimum atomic E-state index is -0.766. The van der Waals surface area contributed by atoms with E-state index < -0.39 is 12.4 Å². The van der Waals surface area contributed by atoms with Gasteiger partial charge in [0.15, 0.2) is 6.29 Å². The summed E-state index contributed by atoms with van der Waals surface area (Å²) >= 11 is 0. The number of rotatable bonds is 16. The lowest BCUT2D eigenvalue weighted by Crippen LogP contribution is -2.39. The Morgan fingerprint density at radius 1 is 0.935 bits per heavy atom. The zero-order valence-corrected chi connectivity index (χ0v) is 26.7. The van der Waals surface area contributed by atoms with Crippen LogP contribution >= 0.6 is 0 Å². The van der Waals surface area contributed by atoms with Gasteiger partial charge in [-0.3, -0.25) is 9.59 Å². The number of likely N-dealkylation sites (N-methyl/N-ethyl adjacent to an activating group) is 1. The van der Waals surface area contributed by atoms with Crippen molar-refractivity contribution in [1.82, 2.24) is 15.5 Å². The molecule has 5 N–H and O–H groups in total. The lowest BCUT2D eigenvalue weighted by molar-refractivity contribution is -0.252. The van der Waals surface area contributed by atoms with Crippen molar-refractivity contribution in [3.63, 3.8) is 0 Å². The van der Waals surface area contributed by atoms with E-state index in [9.17, 15) is 24.9 Å². The van der Waals surface area contributed by atoms with E-state index in [0.717, 1.165) is 41.5 Å². The lowest BCUT2D eigenvalue weighted by Gasteiger charge is -2.38. The number of carbonyl (C=O) groups is 2. The molecule has 248 valence electrons. The number of aliphatic hydroxyl groups excluding tert-OH is 2. The highest BCUT2D eigenvalue weighted by atomic mass is 16.7. The molecule has 0 radical (unpaired) electrons. The van der Waals surface area contributed by atoms with E-state index in [-0.39, 0.29) is 36.4 Å². The second kappa shape index (κ2) is 17.8. The van der Waals surface area contributed by atoms with Gasteiger partial charge in [0.1, 0.15) is 5.75 Å². The van der Waals surface area contributed by atoms with Crippen molar-refractivity contribution in [1.29, 1.82) is 0 Å². The number of benzene rings is 3. The summed E-state index contributed by atoms with van der Waals surface area (Å²) in [6.07, 6.45) is 1.75. The van der Waals surface area contributed by atoms with Gasteiger partial charge in [-0.15, -0.1) is 0 Å². The quantitative estimate of drug-likeness (QED) is 0.146. The van der Waals surface area contributed by atoms with E-state index in [1.54, 1.807) is 24.3 Å². The van der Waals surface area contributed by atoms with Crippen molar-refractivity contribution in [3.05, 3.63) is 101 Å². The van der Waals surface area contributed by atoms with E-state index >= 15 is 0 Å². The Bertz CT molecular complexity index is 1380. The molecule has 1 fully saturated rings. The minimum absolute atomic E-state index is 0.00115. The molecule has 10 heteroatoms. The Morgan fingerprint density at radius 3 is 2.35 bits per heavy atom. The van der Waals surface area contributed by atoms with Crippen molar-refractivity contribution < 1.29 is 34.4 Å². The molecule has 1 aliphatic rings. The average Bonchev–Trinajstić information content (AvgIpc) is 3.05. The van der Waals surface area contributed by atoms with Crippen molar-refractivity contribution in [2.75, 3.05) is 26.7 Å². The summed E-state index contributed by atoms with van der Waals surface area (Å²) in [6, 6.07) is 22.2. The lowest BCUT2D eigenvalue weighted by atomic mass is 9.99. The minimum Gasteiger partial charge on any atom is -0.508 e. The summed E-state index contributed by atoms with van der Waals surface area (Å²) in [5.74, 6) is 0.0770. The molecule has 46 heavy (non-hydrogen) atoms. The number of ether oxygens (including phenoxy) is 2. The zero-order valence-electron chi connectivity index (χ0n) is 26.7. The number of phenolic OH excluding ortho intramolecular Hbond substituents is 1. The Labute approximate surface area is 271 Å². The first kappa shape index (κ1) is 35.1. The fourth-order valence-electron chi connectivity index (χ4n) is 5.52. The second-order valence-electron chi connectivity index (χ2n) is 12.0. The molecule has 0 aromatic heterocycles. The smallest absolute Gasteiger partial charge is 0.220 e. The van der Waals surface area contributed by atoms with Crippen LogP contribution in [0.25, 0.3) is 0 Å². The molecule has 1 heterocycles. The normalized spacial score (nSPS) is 18.7. The number of aromatic hydroxyl groups is 1. The predicted octanol–water partition coefficient (Wildman–Crippen LogP) is 4.41. The summed E-state index contributed by atoms with van der Waals surface area (Å²) in [6.45, 7) is 3.44. The van der Waals surface area contributed by atoms with Crippen LogP contribution in [0, 0.1) is 0 Å². The fraction of sp³-hybridized carbons (Fsp3) is 0.444. The SMILES string of the molecule is CC(=O)NCCCCCC(=O)NCc1ccc(C2OC(CN(C)CC(O)c3cccc(O)c3)CC(c3ccc(CO)cc3)O2)cc1. The summed E-state index contributed by atoms with van der Waals surface area (Å²) in [4.78, 5) is 25.3. The van der Waals surface area contributed by atoms with Gasteiger partial charge in [0.05, 0.1) is 24.9 Å². The number of amides is 2. The van der Waals surface area contributed by atoms with E-state index in [1.807, 2.05) is 60.5 Å². The van der Waals surface area contributed by atoms with Gasteiger partial charge in [-0.2, -0.15) is 0 Å². The Balaban J connectivity index is 1.35. The topological polar surface area (TPSA) is 141 Å². The molecule has 4 atom stereocenters. The van der Waals surface area contributed by atoms with E-state index in [2.05, 4.69) is 10.6 Å². The Hall–Kier alpha value is -3.80. The van der Waals surface area contributed by atoms with Gasteiger partial charge in [-0.25, -0.2) is 0 Å². The number of nitrogens with one attached hydrogen (secondary N) is 2. The third-order valence-electron chi connectivity index (χ3n) is 8.07. The first-order valence-corrected chi connectivity index (χ1v) is 16.0. The summed E-state index contributed by atoms with van der Waals surface area (Å²) < 4.78 is 12.9. The van der Waals surface area contributed by atoms with Crippen LogP contribution in [0.1, 0.15) is 85.3 Å². The maximum absolute atomic E-state index is 12.3. The molecule has 3 aromatic carbocycles. The van der Waals surface area contributed by atoms with Gasteiger partial charge in [-0.1, -0.05) is 67.1 Å². The number of nitrogens with zero attached hydrogens (tertiary/aromatic N) is 1. The molecule has 0 aliphatic carbocycles. The van der Waals surface area contributed by atoms with Crippen LogP contribution in [0.15, 0.2) is 72.8 Å². The molecule has 0 spiro atoms. The fourth-order valence-corrected chi connectivity index (χ4v) is 5.52. The van der Waals surface area contributed by atoms with Crippen LogP contribution in [-0.2, 0) is 32.2 Å². The molecule has 0 saturated carbocycles. The monoisotopic (exact) mass is 633 g/mol. The Morgan fingerprint density at radius 2 is 1.65 bits per heavy atom. The van der Waals surface area contributed by atoms with Gasteiger partial charge in [0.2, 0.25) is 11.8 Å². The molecule has 1 saturated heterocycles. The molecule has 4 unspecified atom stereocenters. The summed E-state index contributed by atoms with van der Waals surface area (Å²) in [7, 11) is 1.93.